The van der Waals surface area contributed by atoms with Gasteiger partial charge in [-0.15, -0.1) is 0 Å². The summed E-state index contributed by atoms with van der Waals surface area (Å²) in [5.41, 5.74) is 0.839. The molecule has 0 atom stereocenters. The second-order valence-electron chi connectivity index (χ2n) is 5.67. The number of hydrogen-bond donors (Lipinski definition) is 0. The van der Waals surface area contributed by atoms with Crippen LogP contribution in [0.3, 0.4) is 0 Å². The summed E-state index contributed by atoms with van der Waals surface area (Å²) in [6.07, 6.45) is 8.24. The van der Waals surface area contributed by atoms with Crippen LogP contribution in [0, 0.1) is 5.92 Å². The largest absolute Gasteiger partial charge is 0.460 e. The lowest BCUT2D eigenvalue weighted by molar-refractivity contribution is 0.0486. The number of aromatic nitrogens is 1. The van der Waals surface area contributed by atoms with Crippen LogP contribution < -0.4 is 0 Å². The predicted octanol–water partition coefficient (Wildman–Crippen LogP) is 3.46. The maximum absolute atomic E-state index is 11.9. The maximum atomic E-state index is 11.9. The number of carbonyl (C=O) groups is 1. The van der Waals surface area contributed by atoms with E-state index in [0.717, 1.165) is 30.8 Å². The normalized spacial score (nSPS) is 19.8. The molecule has 0 unspecified atom stereocenters. The second-order valence-corrected chi connectivity index (χ2v) is 5.67. The zero-order valence-electron chi connectivity index (χ0n) is 11.5. The van der Waals surface area contributed by atoms with E-state index in [-0.39, 0.29) is 5.97 Å². The fourth-order valence-corrected chi connectivity index (χ4v) is 2.90. The van der Waals surface area contributed by atoms with Crippen LogP contribution in [-0.2, 0) is 11.2 Å². The Labute approximate surface area is 113 Å². The Bertz CT molecular complexity index is 456. The molecule has 2 saturated carbocycles. The van der Waals surface area contributed by atoms with Crippen LogP contribution in [-0.4, -0.2) is 17.6 Å². The summed E-state index contributed by atoms with van der Waals surface area (Å²) >= 11 is 0. The predicted molar refractivity (Wildman–Crippen MR) is 70.1 cm³/mol. The Balaban J connectivity index is 1.77. The summed E-state index contributed by atoms with van der Waals surface area (Å²) in [6, 6.07) is 0. The van der Waals surface area contributed by atoms with Gasteiger partial charge in [-0.2, -0.15) is 0 Å². The van der Waals surface area contributed by atoms with Crippen molar-refractivity contribution in [2.45, 2.75) is 57.8 Å². The smallest absolute Gasteiger partial charge is 0.376 e. The van der Waals surface area contributed by atoms with Gasteiger partial charge in [-0.25, -0.2) is 9.78 Å². The van der Waals surface area contributed by atoms with Crippen LogP contribution in [0.5, 0.6) is 0 Å². The van der Waals surface area contributed by atoms with Crippen LogP contribution in [0.4, 0.5) is 0 Å². The topological polar surface area (TPSA) is 52.3 Å². The van der Waals surface area contributed by atoms with Crippen molar-refractivity contribution >= 4 is 5.97 Å². The number of rotatable bonds is 5. The zero-order chi connectivity index (χ0) is 13.2. The molecule has 4 nitrogen and oxygen atoms in total. The Morgan fingerprint density at radius 1 is 1.32 bits per heavy atom. The van der Waals surface area contributed by atoms with Crippen molar-refractivity contribution in [3.05, 3.63) is 17.3 Å². The third-order valence-corrected chi connectivity index (χ3v) is 4.06. The van der Waals surface area contributed by atoms with Crippen molar-refractivity contribution in [3.8, 4) is 0 Å². The van der Waals surface area contributed by atoms with Gasteiger partial charge in [0, 0.05) is 12.3 Å². The number of oxazole rings is 1. The van der Waals surface area contributed by atoms with Gasteiger partial charge in [-0.3, -0.25) is 0 Å². The van der Waals surface area contributed by atoms with Gasteiger partial charge in [0.2, 0.25) is 5.76 Å². The Morgan fingerprint density at radius 3 is 2.68 bits per heavy atom. The standard InChI is InChI=1S/C15H21NO3/c1-2-18-15(17)14-13(11-7-8-11)16-12(19-14)9-10-5-3-4-6-10/h10-11H,2-9H2,1H3. The lowest BCUT2D eigenvalue weighted by Crippen LogP contribution is -2.05. The summed E-state index contributed by atoms with van der Waals surface area (Å²) < 4.78 is 10.8. The summed E-state index contributed by atoms with van der Waals surface area (Å²) in [7, 11) is 0. The molecule has 1 aromatic rings. The monoisotopic (exact) mass is 263 g/mol. The van der Waals surface area contributed by atoms with Gasteiger partial charge >= 0.3 is 5.97 Å². The van der Waals surface area contributed by atoms with E-state index in [0.29, 0.717) is 24.2 Å². The second kappa shape index (κ2) is 5.35. The molecule has 0 bridgehead atoms. The van der Waals surface area contributed by atoms with Crippen molar-refractivity contribution in [1.82, 2.24) is 4.98 Å². The summed E-state index contributed by atoms with van der Waals surface area (Å²) in [5, 5.41) is 0. The number of nitrogens with zero attached hydrogens (tertiary/aromatic N) is 1. The highest BCUT2D eigenvalue weighted by Gasteiger charge is 2.34. The van der Waals surface area contributed by atoms with Crippen molar-refractivity contribution in [2.24, 2.45) is 5.92 Å². The molecular weight excluding hydrogens is 242 g/mol. The van der Waals surface area contributed by atoms with Gasteiger partial charge in [-0.05, 0) is 38.5 Å². The molecule has 0 spiro atoms. The Kier molecular flexibility index (Phi) is 3.58. The molecule has 2 fully saturated rings. The zero-order valence-corrected chi connectivity index (χ0v) is 11.5. The fourth-order valence-electron chi connectivity index (χ4n) is 2.90. The van der Waals surface area contributed by atoms with Crippen molar-refractivity contribution in [3.63, 3.8) is 0 Å². The molecule has 0 amide bonds. The molecular formula is C15H21NO3. The highest BCUT2D eigenvalue weighted by atomic mass is 16.5. The average molecular weight is 263 g/mol. The minimum atomic E-state index is -0.352. The first kappa shape index (κ1) is 12.7. The van der Waals surface area contributed by atoms with Gasteiger partial charge in [0.15, 0.2) is 5.89 Å². The van der Waals surface area contributed by atoms with E-state index in [4.69, 9.17) is 9.15 Å². The van der Waals surface area contributed by atoms with E-state index < -0.39 is 0 Å². The summed E-state index contributed by atoms with van der Waals surface area (Å²) in [5.74, 6) is 1.84. The molecule has 0 aromatic carbocycles. The molecule has 1 aromatic heterocycles. The lowest BCUT2D eigenvalue weighted by atomic mass is 10.0. The quantitative estimate of drug-likeness (QED) is 0.763. The van der Waals surface area contributed by atoms with Gasteiger partial charge in [0.05, 0.1) is 12.3 Å². The number of carbonyl (C=O) groups excluding carboxylic acids is 1. The molecule has 1 heterocycles. The number of hydrogen-bond acceptors (Lipinski definition) is 4. The van der Waals surface area contributed by atoms with Crippen LogP contribution >= 0.6 is 0 Å². The van der Waals surface area contributed by atoms with Crippen LogP contribution in [0.25, 0.3) is 0 Å². The van der Waals surface area contributed by atoms with E-state index in [1.807, 2.05) is 6.92 Å². The summed E-state index contributed by atoms with van der Waals surface area (Å²) in [6.45, 7) is 2.19. The molecule has 0 saturated heterocycles. The maximum Gasteiger partial charge on any atom is 0.376 e. The van der Waals surface area contributed by atoms with Crippen LogP contribution in [0.2, 0.25) is 0 Å². The van der Waals surface area contributed by atoms with Gasteiger partial charge < -0.3 is 9.15 Å². The van der Waals surface area contributed by atoms with Gasteiger partial charge in [0.25, 0.3) is 0 Å². The first-order chi connectivity index (χ1) is 9.28. The SMILES string of the molecule is CCOC(=O)c1oc(CC2CCCC2)nc1C1CC1. The molecule has 0 radical (unpaired) electrons. The minimum absolute atomic E-state index is 0.352. The first-order valence-corrected chi connectivity index (χ1v) is 7.44. The summed E-state index contributed by atoms with van der Waals surface area (Å²) in [4.78, 5) is 16.5. The fraction of sp³-hybridized carbons (Fsp3) is 0.733. The third kappa shape index (κ3) is 2.82. The Morgan fingerprint density at radius 2 is 2.05 bits per heavy atom. The first-order valence-electron chi connectivity index (χ1n) is 7.44. The molecule has 2 aliphatic rings. The number of ether oxygens (including phenoxy) is 1. The van der Waals surface area contributed by atoms with Gasteiger partial charge in [-0.1, -0.05) is 12.8 Å². The molecule has 3 rings (SSSR count). The molecule has 4 heteroatoms. The molecule has 0 N–H and O–H groups in total. The van der Waals surface area contributed by atoms with Crippen molar-refractivity contribution < 1.29 is 13.9 Å². The number of esters is 1. The molecule has 19 heavy (non-hydrogen) atoms. The lowest BCUT2D eigenvalue weighted by Gasteiger charge is -2.03. The van der Waals surface area contributed by atoms with Gasteiger partial charge in [0.1, 0.15) is 0 Å². The van der Waals surface area contributed by atoms with Crippen LogP contribution in [0.15, 0.2) is 4.42 Å². The highest BCUT2D eigenvalue weighted by molar-refractivity contribution is 5.87. The van der Waals surface area contributed by atoms with E-state index in [1.54, 1.807) is 0 Å². The molecule has 0 aliphatic heterocycles. The Hall–Kier alpha value is -1.32. The van der Waals surface area contributed by atoms with E-state index in [2.05, 4.69) is 4.98 Å². The average Bonchev–Trinajstić information content (AvgIpc) is 2.96. The van der Waals surface area contributed by atoms with E-state index in [9.17, 15) is 4.79 Å². The minimum Gasteiger partial charge on any atom is -0.460 e. The van der Waals surface area contributed by atoms with E-state index in [1.165, 1.54) is 25.7 Å². The van der Waals surface area contributed by atoms with Crippen molar-refractivity contribution in [2.75, 3.05) is 6.61 Å². The third-order valence-electron chi connectivity index (χ3n) is 4.06. The molecule has 104 valence electrons. The van der Waals surface area contributed by atoms with Crippen LogP contribution in [0.1, 0.15) is 73.5 Å². The van der Waals surface area contributed by atoms with E-state index >= 15 is 0 Å². The highest BCUT2D eigenvalue weighted by Crippen LogP contribution is 2.42. The molecule has 2 aliphatic carbocycles. The van der Waals surface area contributed by atoms with Crippen molar-refractivity contribution in [1.29, 1.82) is 0 Å².